The van der Waals surface area contributed by atoms with Crippen LogP contribution < -0.4 is 5.73 Å². The Morgan fingerprint density at radius 3 is 2.95 bits per heavy atom. The summed E-state index contributed by atoms with van der Waals surface area (Å²) in [5, 5.41) is 13.4. The first-order valence-corrected chi connectivity index (χ1v) is 7.92. The minimum atomic E-state index is -0.675. The van der Waals surface area contributed by atoms with E-state index in [0.29, 0.717) is 50.8 Å². The molecule has 6 nitrogen and oxygen atoms in total. The predicted molar refractivity (Wildman–Crippen MR) is 83.2 cm³/mol. The number of hydrogen-bond acceptors (Lipinski definition) is 7. The number of rotatable bonds is 4. The largest absolute Gasteiger partial charge is 0.388 e. The molecule has 0 amide bonds. The molecular weight excluding hydrogens is 288 g/mol. The normalized spacial score (nSPS) is 18.4. The molecule has 0 radical (unpaired) electrons. The molecule has 1 fully saturated rings. The number of nitrogen functional groups attached to an aromatic ring is 1. The molecule has 7 heteroatoms. The number of thiophene rings is 1. The summed E-state index contributed by atoms with van der Waals surface area (Å²) >= 11 is 1.56. The smallest absolute Gasteiger partial charge is 0.146 e. The van der Waals surface area contributed by atoms with E-state index in [4.69, 9.17) is 10.5 Å². The van der Waals surface area contributed by atoms with Gasteiger partial charge >= 0.3 is 0 Å². The van der Waals surface area contributed by atoms with E-state index in [1.807, 2.05) is 23.4 Å². The Kier molecular flexibility index (Phi) is 4.08. The van der Waals surface area contributed by atoms with Gasteiger partial charge in [0.2, 0.25) is 0 Å². The van der Waals surface area contributed by atoms with E-state index in [9.17, 15) is 5.11 Å². The summed E-state index contributed by atoms with van der Waals surface area (Å²) in [7, 11) is 1.96. The summed E-state index contributed by atoms with van der Waals surface area (Å²) in [5.74, 6) is 1.22. The van der Waals surface area contributed by atoms with Gasteiger partial charge in [-0.3, -0.25) is 4.90 Å². The van der Waals surface area contributed by atoms with Crippen LogP contribution in [0.15, 0.2) is 11.4 Å². The van der Waals surface area contributed by atoms with E-state index >= 15 is 0 Å². The van der Waals surface area contributed by atoms with E-state index in [0.717, 1.165) is 10.2 Å². The first kappa shape index (κ1) is 14.6. The van der Waals surface area contributed by atoms with Crippen LogP contribution in [0.3, 0.4) is 0 Å². The quantitative estimate of drug-likeness (QED) is 0.884. The van der Waals surface area contributed by atoms with Gasteiger partial charge in [-0.2, -0.15) is 0 Å². The fourth-order valence-corrected chi connectivity index (χ4v) is 3.49. The van der Waals surface area contributed by atoms with Gasteiger partial charge in [-0.15, -0.1) is 11.3 Å². The Morgan fingerprint density at radius 2 is 2.19 bits per heavy atom. The summed E-state index contributed by atoms with van der Waals surface area (Å²) in [6.45, 7) is 2.40. The molecule has 0 atom stereocenters. The lowest BCUT2D eigenvalue weighted by molar-refractivity contribution is -0.0779. The minimum Gasteiger partial charge on any atom is -0.388 e. The van der Waals surface area contributed by atoms with Gasteiger partial charge in [0.25, 0.3) is 0 Å². The lowest BCUT2D eigenvalue weighted by Crippen LogP contribution is -2.45. The summed E-state index contributed by atoms with van der Waals surface area (Å²) in [6.07, 6.45) is 1.34. The van der Waals surface area contributed by atoms with Gasteiger partial charge in [-0.05, 0) is 18.5 Å². The number of anilines is 1. The molecule has 3 rings (SSSR count). The van der Waals surface area contributed by atoms with Crippen LogP contribution in [0.2, 0.25) is 0 Å². The molecule has 3 heterocycles. The Bertz CT molecular complexity index is 624. The summed E-state index contributed by atoms with van der Waals surface area (Å²) in [5.41, 5.74) is 5.28. The van der Waals surface area contributed by atoms with Gasteiger partial charge in [0, 0.05) is 32.6 Å². The van der Waals surface area contributed by atoms with Crippen LogP contribution in [-0.2, 0) is 11.3 Å². The van der Waals surface area contributed by atoms with Gasteiger partial charge in [-0.1, -0.05) is 0 Å². The lowest BCUT2D eigenvalue weighted by atomic mass is 9.94. The van der Waals surface area contributed by atoms with Crippen molar-refractivity contribution in [1.29, 1.82) is 0 Å². The first-order valence-electron chi connectivity index (χ1n) is 7.04. The number of ether oxygens (including phenoxy) is 1. The Morgan fingerprint density at radius 1 is 1.43 bits per heavy atom. The van der Waals surface area contributed by atoms with Crippen LogP contribution in [0.4, 0.5) is 5.82 Å². The Hall–Kier alpha value is -1.28. The van der Waals surface area contributed by atoms with Crippen LogP contribution in [0, 0.1) is 0 Å². The number of hydrogen-bond donors (Lipinski definition) is 2. The second-order valence-corrected chi connectivity index (χ2v) is 6.57. The van der Waals surface area contributed by atoms with Gasteiger partial charge in [0.15, 0.2) is 0 Å². The molecule has 0 saturated carbocycles. The SMILES string of the molecule is CN(Cc1nc(N)c2ccsc2n1)CC1(O)CCOCC1. The molecule has 3 N–H and O–H groups in total. The molecule has 2 aromatic rings. The van der Waals surface area contributed by atoms with Gasteiger partial charge < -0.3 is 15.6 Å². The fourth-order valence-electron chi connectivity index (χ4n) is 2.70. The minimum absolute atomic E-state index is 0.523. The third kappa shape index (κ3) is 3.32. The average molecular weight is 308 g/mol. The van der Waals surface area contributed by atoms with E-state index in [1.165, 1.54) is 0 Å². The van der Waals surface area contributed by atoms with Gasteiger partial charge in [-0.25, -0.2) is 9.97 Å². The average Bonchev–Trinajstić information content (AvgIpc) is 2.87. The first-order chi connectivity index (χ1) is 10.1. The maximum absolute atomic E-state index is 10.5. The monoisotopic (exact) mass is 308 g/mol. The number of nitrogens with two attached hydrogens (primary N) is 1. The molecule has 1 saturated heterocycles. The molecule has 21 heavy (non-hydrogen) atoms. The second-order valence-electron chi connectivity index (χ2n) is 5.67. The van der Waals surface area contributed by atoms with Crippen LogP contribution in [0.5, 0.6) is 0 Å². The number of fused-ring (bicyclic) bond motifs is 1. The topological polar surface area (TPSA) is 84.5 Å². The Balaban J connectivity index is 1.69. The predicted octanol–water partition coefficient (Wildman–Crippen LogP) is 1.25. The van der Waals surface area contributed by atoms with Crippen molar-refractivity contribution in [2.75, 3.05) is 32.5 Å². The van der Waals surface area contributed by atoms with Crippen LogP contribution in [-0.4, -0.2) is 52.4 Å². The van der Waals surface area contributed by atoms with Crippen molar-refractivity contribution in [1.82, 2.24) is 14.9 Å². The van der Waals surface area contributed by atoms with E-state index in [1.54, 1.807) is 11.3 Å². The highest BCUT2D eigenvalue weighted by atomic mass is 32.1. The molecule has 0 aromatic carbocycles. The van der Waals surface area contributed by atoms with Crippen molar-refractivity contribution in [3.8, 4) is 0 Å². The Labute approximate surface area is 127 Å². The molecule has 1 aliphatic heterocycles. The third-order valence-electron chi connectivity index (χ3n) is 3.80. The van der Waals surface area contributed by atoms with E-state index < -0.39 is 5.60 Å². The highest BCUT2D eigenvalue weighted by Gasteiger charge is 2.31. The van der Waals surface area contributed by atoms with Crippen LogP contribution in [0.25, 0.3) is 10.2 Å². The molecule has 1 aliphatic rings. The van der Waals surface area contributed by atoms with E-state index in [-0.39, 0.29) is 0 Å². The van der Waals surface area contributed by atoms with Crippen molar-refractivity contribution in [2.24, 2.45) is 0 Å². The zero-order chi connectivity index (χ0) is 14.9. The van der Waals surface area contributed by atoms with Crippen LogP contribution >= 0.6 is 11.3 Å². The number of likely N-dealkylation sites (N-methyl/N-ethyl adjacent to an activating group) is 1. The van der Waals surface area contributed by atoms with Gasteiger partial charge in [0.05, 0.1) is 17.5 Å². The number of aliphatic hydroxyl groups is 1. The summed E-state index contributed by atoms with van der Waals surface area (Å²) < 4.78 is 5.30. The third-order valence-corrected chi connectivity index (χ3v) is 4.61. The summed E-state index contributed by atoms with van der Waals surface area (Å²) in [6, 6.07) is 1.94. The number of aromatic nitrogens is 2. The molecule has 0 aliphatic carbocycles. The highest BCUT2D eigenvalue weighted by Crippen LogP contribution is 2.24. The van der Waals surface area contributed by atoms with Gasteiger partial charge in [0.1, 0.15) is 16.5 Å². The molecule has 114 valence electrons. The lowest BCUT2D eigenvalue weighted by Gasteiger charge is -2.35. The molecular formula is C14H20N4O2S. The van der Waals surface area contributed by atoms with Crippen molar-refractivity contribution in [3.05, 3.63) is 17.3 Å². The zero-order valence-corrected chi connectivity index (χ0v) is 12.9. The van der Waals surface area contributed by atoms with Crippen LogP contribution in [0.1, 0.15) is 18.7 Å². The standard InChI is InChI=1S/C14H20N4O2S/c1-18(9-14(19)3-5-20-6-4-14)8-11-16-12(15)10-2-7-21-13(10)17-11/h2,7,19H,3-6,8-9H2,1H3,(H2,15,16,17). The summed E-state index contributed by atoms with van der Waals surface area (Å²) in [4.78, 5) is 11.8. The fraction of sp³-hybridized carbons (Fsp3) is 0.571. The van der Waals surface area contributed by atoms with Crippen molar-refractivity contribution < 1.29 is 9.84 Å². The maximum Gasteiger partial charge on any atom is 0.146 e. The molecule has 2 aromatic heterocycles. The zero-order valence-electron chi connectivity index (χ0n) is 12.1. The molecule has 0 unspecified atom stereocenters. The highest BCUT2D eigenvalue weighted by molar-refractivity contribution is 7.16. The maximum atomic E-state index is 10.5. The van der Waals surface area contributed by atoms with Crippen molar-refractivity contribution >= 4 is 27.4 Å². The van der Waals surface area contributed by atoms with Crippen molar-refractivity contribution in [3.63, 3.8) is 0 Å². The van der Waals surface area contributed by atoms with E-state index in [2.05, 4.69) is 9.97 Å². The number of nitrogens with zero attached hydrogens (tertiary/aromatic N) is 3. The van der Waals surface area contributed by atoms with Crippen molar-refractivity contribution in [2.45, 2.75) is 25.0 Å². The molecule has 0 bridgehead atoms. The molecule has 0 spiro atoms. The second kappa shape index (κ2) is 5.84.